The maximum atomic E-state index is 12.6. The first kappa shape index (κ1) is 15.2. The number of nitrogens with zero attached hydrogens (tertiary/aromatic N) is 3. The minimum Gasteiger partial charge on any atom is -0.493 e. The molecule has 20 heavy (non-hydrogen) atoms. The van der Waals surface area contributed by atoms with Gasteiger partial charge in [-0.15, -0.1) is 11.3 Å². The van der Waals surface area contributed by atoms with Gasteiger partial charge >= 0.3 is 0 Å². The lowest BCUT2D eigenvalue weighted by Gasteiger charge is -2.11. The number of thiophene rings is 1. The van der Waals surface area contributed by atoms with E-state index in [-0.39, 0.29) is 5.78 Å². The first-order valence-electron chi connectivity index (χ1n) is 6.06. The molecule has 0 aliphatic rings. The van der Waals surface area contributed by atoms with E-state index in [1.807, 2.05) is 30.4 Å². The third kappa shape index (κ3) is 3.28. The lowest BCUT2D eigenvalue weighted by molar-refractivity contribution is 0.102. The van der Waals surface area contributed by atoms with Crippen LogP contribution in [0.25, 0.3) is 0 Å². The minimum atomic E-state index is -0.0694. The summed E-state index contributed by atoms with van der Waals surface area (Å²) >= 11 is 4.86. The van der Waals surface area contributed by atoms with Gasteiger partial charge in [-0.2, -0.15) is 5.10 Å². The van der Waals surface area contributed by atoms with Crippen molar-refractivity contribution in [3.8, 4) is 5.75 Å². The fourth-order valence-electron chi connectivity index (χ4n) is 1.78. The molecule has 0 spiro atoms. The molecule has 7 heteroatoms. The molecule has 0 unspecified atom stereocenters. The van der Waals surface area contributed by atoms with Gasteiger partial charge in [-0.05, 0) is 36.1 Å². The molecule has 0 N–H and O–H groups in total. The molecule has 0 atom stereocenters. The Morgan fingerprint density at radius 1 is 1.55 bits per heavy atom. The Kier molecular flexibility index (Phi) is 4.95. The average molecular weight is 358 g/mol. The molecule has 2 aromatic rings. The molecule has 0 amide bonds. The standard InChI is InChI=1S/C13H16BrN3O2S/c1-16(2)4-5-17-12(10(19-3)7-15-17)13(18)9-6-11(14)20-8-9/h6-8H,4-5H2,1-3H3. The number of aromatic nitrogens is 2. The fourth-order valence-corrected chi connectivity index (χ4v) is 2.91. The van der Waals surface area contributed by atoms with Crippen LogP contribution in [0.3, 0.4) is 0 Å². The van der Waals surface area contributed by atoms with Crippen molar-refractivity contribution in [2.75, 3.05) is 27.7 Å². The number of hydrogen-bond donors (Lipinski definition) is 0. The third-order valence-corrected chi connectivity index (χ3v) is 4.33. The second kappa shape index (κ2) is 6.51. The smallest absolute Gasteiger partial charge is 0.215 e. The van der Waals surface area contributed by atoms with Crippen molar-refractivity contribution in [3.05, 3.63) is 32.7 Å². The Hall–Kier alpha value is -1.18. The number of halogens is 1. The molecule has 0 saturated heterocycles. The zero-order chi connectivity index (χ0) is 14.7. The van der Waals surface area contributed by atoms with Crippen LogP contribution < -0.4 is 4.74 Å². The maximum Gasteiger partial charge on any atom is 0.215 e. The van der Waals surface area contributed by atoms with E-state index < -0.39 is 0 Å². The van der Waals surface area contributed by atoms with E-state index in [4.69, 9.17) is 4.74 Å². The molecular weight excluding hydrogens is 342 g/mol. The third-order valence-electron chi connectivity index (χ3n) is 2.83. The molecule has 0 aromatic carbocycles. The zero-order valence-corrected chi connectivity index (χ0v) is 14.0. The monoisotopic (exact) mass is 357 g/mol. The van der Waals surface area contributed by atoms with E-state index in [0.717, 1.165) is 10.3 Å². The predicted octanol–water partition coefficient (Wildman–Crippen LogP) is 2.51. The zero-order valence-electron chi connectivity index (χ0n) is 11.6. The average Bonchev–Trinajstić information content (AvgIpc) is 3.01. The molecule has 2 heterocycles. The van der Waals surface area contributed by atoms with Gasteiger partial charge in [0.15, 0.2) is 11.4 Å². The number of ketones is 1. The molecule has 0 radical (unpaired) electrons. The van der Waals surface area contributed by atoms with Crippen LogP contribution in [0.15, 0.2) is 21.4 Å². The van der Waals surface area contributed by atoms with Gasteiger partial charge in [0.2, 0.25) is 5.78 Å². The van der Waals surface area contributed by atoms with Crippen molar-refractivity contribution in [2.24, 2.45) is 0 Å². The van der Waals surface area contributed by atoms with Crippen LogP contribution in [0, 0.1) is 0 Å². The normalized spacial score (nSPS) is 11.1. The van der Waals surface area contributed by atoms with Crippen molar-refractivity contribution in [1.82, 2.24) is 14.7 Å². The molecule has 0 aliphatic carbocycles. The first-order chi connectivity index (χ1) is 9.52. The van der Waals surface area contributed by atoms with Crippen molar-refractivity contribution in [1.29, 1.82) is 0 Å². The van der Waals surface area contributed by atoms with E-state index in [1.165, 1.54) is 11.3 Å². The van der Waals surface area contributed by atoms with Gasteiger partial charge in [0.25, 0.3) is 0 Å². The summed E-state index contributed by atoms with van der Waals surface area (Å²) in [6.45, 7) is 1.45. The molecule has 0 aliphatic heterocycles. The predicted molar refractivity (Wildman–Crippen MR) is 82.8 cm³/mol. The Morgan fingerprint density at radius 2 is 2.30 bits per heavy atom. The first-order valence-corrected chi connectivity index (χ1v) is 7.73. The summed E-state index contributed by atoms with van der Waals surface area (Å²) in [5.41, 5.74) is 1.14. The SMILES string of the molecule is COc1cnn(CCN(C)C)c1C(=O)c1csc(Br)c1. The van der Waals surface area contributed by atoms with Crippen LogP contribution in [0.4, 0.5) is 0 Å². The Morgan fingerprint density at radius 3 is 2.85 bits per heavy atom. The van der Waals surface area contributed by atoms with E-state index in [9.17, 15) is 4.79 Å². The van der Waals surface area contributed by atoms with Crippen LogP contribution in [-0.4, -0.2) is 48.2 Å². The summed E-state index contributed by atoms with van der Waals surface area (Å²) < 4.78 is 7.89. The highest BCUT2D eigenvalue weighted by Crippen LogP contribution is 2.26. The second-order valence-electron chi connectivity index (χ2n) is 4.56. The minimum absolute atomic E-state index is 0.0694. The van der Waals surface area contributed by atoms with Crippen LogP contribution in [0.1, 0.15) is 16.1 Å². The van der Waals surface area contributed by atoms with Gasteiger partial charge in [-0.1, -0.05) is 0 Å². The summed E-state index contributed by atoms with van der Waals surface area (Å²) in [4.78, 5) is 14.6. The van der Waals surface area contributed by atoms with Crippen LogP contribution in [0.5, 0.6) is 5.75 Å². The summed E-state index contributed by atoms with van der Waals surface area (Å²) in [5, 5.41) is 6.08. The van der Waals surface area contributed by atoms with E-state index in [2.05, 4.69) is 21.0 Å². The van der Waals surface area contributed by atoms with Gasteiger partial charge in [0.1, 0.15) is 0 Å². The summed E-state index contributed by atoms with van der Waals surface area (Å²) in [6, 6.07) is 1.82. The van der Waals surface area contributed by atoms with E-state index in [0.29, 0.717) is 23.6 Å². The number of hydrogen-bond acceptors (Lipinski definition) is 5. The van der Waals surface area contributed by atoms with Gasteiger partial charge in [0, 0.05) is 17.5 Å². The summed E-state index contributed by atoms with van der Waals surface area (Å²) in [7, 11) is 5.52. The number of carbonyl (C=O) groups excluding carboxylic acids is 1. The van der Waals surface area contributed by atoms with Crippen molar-refractivity contribution < 1.29 is 9.53 Å². The van der Waals surface area contributed by atoms with Crippen molar-refractivity contribution >= 4 is 33.0 Å². The number of likely N-dealkylation sites (N-methyl/N-ethyl adjacent to an activating group) is 1. The number of ether oxygens (including phenoxy) is 1. The molecule has 108 valence electrons. The maximum absolute atomic E-state index is 12.6. The van der Waals surface area contributed by atoms with Crippen LogP contribution in [0.2, 0.25) is 0 Å². The Labute approximate surface area is 130 Å². The Balaban J connectivity index is 2.33. The molecule has 0 fully saturated rings. The van der Waals surface area contributed by atoms with Gasteiger partial charge < -0.3 is 9.64 Å². The lowest BCUT2D eigenvalue weighted by atomic mass is 10.1. The summed E-state index contributed by atoms with van der Waals surface area (Å²) in [6.07, 6.45) is 1.59. The topological polar surface area (TPSA) is 47.4 Å². The van der Waals surface area contributed by atoms with Gasteiger partial charge in [0.05, 0.1) is 23.6 Å². The highest BCUT2D eigenvalue weighted by molar-refractivity contribution is 9.11. The summed E-state index contributed by atoms with van der Waals surface area (Å²) in [5.74, 6) is 0.441. The van der Waals surface area contributed by atoms with Crippen LogP contribution in [-0.2, 0) is 6.54 Å². The number of carbonyl (C=O) groups is 1. The Bertz CT molecular complexity index is 607. The van der Waals surface area contributed by atoms with Crippen LogP contribution >= 0.6 is 27.3 Å². The van der Waals surface area contributed by atoms with Gasteiger partial charge in [-0.25, -0.2) is 0 Å². The highest BCUT2D eigenvalue weighted by atomic mass is 79.9. The molecular formula is C13H16BrN3O2S. The quantitative estimate of drug-likeness (QED) is 0.745. The second-order valence-corrected chi connectivity index (χ2v) is 6.85. The molecule has 5 nitrogen and oxygen atoms in total. The number of rotatable bonds is 6. The van der Waals surface area contributed by atoms with E-state index in [1.54, 1.807) is 18.0 Å². The molecule has 0 bridgehead atoms. The lowest BCUT2D eigenvalue weighted by Crippen LogP contribution is -2.21. The molecule has 2 aromatic heterocycles. The highest BCUT2D eigenvalue weighted by Gasteiger charge is 2.21. The van der Waals surface area contributed by atoms with Gasteiger partial charge in [-0.3, -0.25) is 9.48 Å². The molecule has 0 saturated carbocycles. The van der Waals surface area contributed by atoms with Crippen molar-refractivity contribution in [3.63, 3.8) is 0 Å². The fraction of sp³-hybridized carbons (Fsp3) is 0.385. The number of methoxy groups -OCH3 is 1. The van der Waals surface area contributed by atoms with E-state index >= 15 is 0 Å². The van der Waals surface area contributed by atoms with Crippen molar-refractivity contribution in [2.45, 2.75) is 6.54 Å². The largest absolute Gasteiger partial charge is 0.493 e. The molecule has 2 rings (SSSR count).